The molecule has 0 aliphatic rings. The van der Waals surface area contributed by atoms with E-state index in [2.05, 4.69) is 15.3 Å². The molecular weight excluding hydrogens is 506 g/mol. The van der Waals surface area contributed by atoms with Gasteiger partial charge in [-0.05, 0) is 30.3 Å². The Balaban J connectivity index is 1.42. The van der Waals surface area contributed by atoms with Gasteiger partial charge in [0.2, 0.25) is 0 Å². The van der Waals surface area contributed by atoms with Crippen molar-refractivity contribution in [3.63, 3.8) is 0 Å². The number of ether oxygens (including phenoxy) is 5. The van der Waals surface area contributed by atoms with Crippen LogP contribution in [-0.2, 0) is 18.9 Å². The summed E-state index contributed by atoms with van der Waals surface area (Å²) in [5, 5.41) is 13.8. The number of phenolic OH excluding ortho intramolecular Hbond substituents is 1. The molecule has 3 rings (SSSR count). The van der Waals surface area contributed by atoms with Crippen molar-refractivity contribution in [1.29, 1.82) is 0 Å². The highest BCUT2D eigenvalue weighted by Gasteiger charge is 2.24. The number of aromatic amines is 1. The maximum atomic E-state index is 12.7. The number of rotatable bonds is 16. The second kappa shape index (κ2) is 14.6. The van der Waals surface area contributed by atoms with Gasteiger partial charge in [-0.2, -0.15) is 0 Å². The maximum absolute atomic E-state index is 12.7. The van der Waals surface area contributed by atoms with Crippen molar-refractivity contribution in [3.8, 4) is 11.5 Å². The lowest BCUT2D eigenvalue weighted by Gasteiger charge is -2.14. The number of pyridine rings is 1. The Morgan fingerprint density at radius 3 is 2.18 bits per heavy atom. The van der Waals surface area contributed by atoms with Crippen molar-refractivity contribution in [3.05, 3.63) is 47.8 Å². The summed E-state index contributed by atoms with van der Waals surface area (Å²) < 4.78 is 26.6. The molecule has 0 saturated heterocycles. The molecule has 212 valence electrons. The summed E-state index contributed by atoms with van der Waals surface area (Å²) in [6, 6.07) is 7.86. The number of nitrogens with one attached hydrogen (secondary N) is 2. The molecule has 1 amide bonds. The Kier molecular flexibility index (Phi) is 11.2. The van der Waals surface area contributed by atoms with Gasteiger partial charge >= 0.3 is 0 Å². The number of aromatic nitrogens is 2. The first-order valence-electron chi connectivity index (χ1n) is 12.7. The standard InChI is InChI=1S/C28H37N3O8/c1-28(2,3)25(33)22-16-20-15-21(18-29-26(20)31-22)30-27(34)19-5-6-24(23(32)17-19)39-14-13-38-12-11-37-10-9-36-8-7-35-4/h5-6,15-18,32H,7-14H2,1-4H3,(H,29,31)(H,30,34). The number of Topliss-reactive ketones (excluding diaryl/α,β-unsaturated/α-hetero) is 1. The summed E-state index contributed by atoms with van der Waals surface area (Å²) in [7, 11) is 1.62. The summed E-state index contributed by atoms with van der Waals surface area (Å²) in [4.78, 5) is 32.6. The third kappa shape index (κ3) is 9.32. The number of hydrogen-bond acceptors (Lipinski definition) is 9. The molecule has 0 spiro atoms. The van der Waals surface area contributed by atoms with Gasteiger partial charge in [0.1, 0.15) is 12.3 Å². The summed E-state index contributed by atoms with van der Waals surface area (Å²) in [5.41, 5.74) is 1.20. The minimum Gasteiger partial charge on any atom is -0.504 e. The van der Waals surface area contributed by atoms with E-state index in [4.69, 9.17) is 23.7 Å². The largest absolute Gasteiger partial charge is 0.504 e. The Labute approximate surface area is 227 Å². The first-order chi connectivity index (χ1) is 18.7. The van der Waals surface area contributed by atoms with E-state index in [1.54, 1.807) is 25.3 Å². The average Bonchev–Trinajstić information content (AvgIpc) is 3.32. The van der Waals surface area contributed by atoms with Gasteiger partial charge in [-0.1, -0.05) is 20.8 Å². The van der Waals surface area contributed by atoms with E-state index < -0.39 is 11.3 Å². The van der Waals surface area contributed by atoms with Crippen LogP contribution in [0.1, 0.15) is 41.6 Å². The lowest BCUT2D eigenvalue weighted by Crippen LogP contribution is -2.20. The topological polar surface area (TPSA) is 141 Å². The van der Waals surface area contributed by atoms with Crippen LogP contribution >= 0.6 is 0 Å². The predicted octanol–water partition coefficient (Wildman–Crippen LogP) is 3.82. The molecule has 11 heteroatoms. The van der Waals surface area contributed by atoms with Crippen molar-refractivity contribution >= 4 is 28.4 Å². The van der Waals surface area contributed by atoms with Crippen molar-refractivity contribution in [2.24, 2.45) is 5.41 Å². The van der Waals surface area contributed by atoms with Crippen LogP contribution < -0.4 is 10.1 Å². The Bertz CT molecular complexity index is 1240. The number of aromatic hydroxyl groups is 1. The SMILES string of the molecule is COCCOCCOCCOCCOc1ccc(C(=O)Nc2cnc3[nH]c(C(=O)C(C)(C)C)cc3c2)cc1O. The normalized spacial score (nSPS) is 11.6. The zero-order chi connectivity index (χ0) is 28.3. The molecule has 1 aromatic carbocycles. The number of phenols is 1. The molecular formula is C28H37N3O8. The molecule has 39 heavy (non-hydrogen) atoms. The zero-order valence-electron chi connectivity index (χ0n) is 22.9. The number of benzene rings is 1. The van der Waals surface area contributed by atoms with Crippen LogP contribution in [0.2, 0.25) is 0 Å². The molecule has 0 aliphatic carbocycles. The Morgan fingerprint density at radius 2 is 1.56 bits per heavy atom. The highest BCUT2D eigenvalue weighted by atomic mass is 16.6. The van der Waals surface area contributed by atoms with Crippen LogP contribution in [-0.4, -0.2) is 86.7 Å². The second-order valence-corrected chi connectivity index (χ2v) is 9.74. The Hall–Kier alpha value is -3.51. The average molecular weight is 544 g/mol. The van der Waals surface area contributed by atoms with E-state index in [0.29, 0.717) is 68.7 Å². The van der Waals surface area contributed by atoms with E-state index >= 15 is 0 Å². The number of fused-ring (bicyclic) bond motifs is 1. The van der Waals surface area contributed by atoms with Gasteiger partial charge < -0.3 is 39.1 Å². The molecule has 3 N–H and O–H groups in total. The minimum absolute atomic E-state index is 0.0278. The summed E-state index contributed by atoms with van der Waals surface area (Å²) in [6.45, 7) is 9.00. The van der Waals surface area contributed by atoms with E-state index in [1.165, 1.54) is 18.3 Å². The van der Waals surface area contributed by atoms with Crippen molar-refractivity contribution in [1.82, 2.24) is 9.97 Å². The predicted molar refractivity (Wildman–Crippen MR) is 146 cm³/mol. The smallest absolute Gasteiger partial charge is 0.255 e. The Morgan fingerprint density at radius 1 is 0.923 bits per heavy atom. The summed E-state index contributed by atoms with van der Waals surface area (Å²) in [6.07, 6.45) is 1.50. The first-order valence-corrected chi connectivity index (χ1v) is 12.7. The molecule has 0 fully saturated rings. The van der Waals surface area contributed by atoms with Crippen LogP contribution in [0, 0.1) is 5.41 Å². The van der Waals surface area contributed by atoms with Crippen LogP contribution in [0.4, 0.5) is 5.69 Å². The van der Waals surface area contributed by atoms with E-state index in [0.717, 1.165) is 0 Å². The number of carbonyl (C=O) groups excluding carboxylic acids is 2. The summed E-state index contributed by atoms with van der Waals surface area (Å²) >= 11 is 0. The quantitative estimate of drug-likeness (QED) is 0.182. The highest BCUT2D eigenvalue weighted by molar-refractivity contribution is 6.06. The van der Waals surface area contributed by atoms with Gasteiger partial charge in [-0.3, -0.25) is 9.59 Å². The lowest BCUT2D eigenvalue weighted by molar-refractivity contribution is 0.0000850. The number of ketones is 1. The van der Waals surface area contributed by atoms with Crippen molar-refractivity contribution < 1.29 is 38.4 Å². The molecule has 0 bridgehead atoms. The number of nitrogens with zero attached hydrogens (tertiary/aromatic N) is 1. The molecule has 0 saturated carbocycles. The third-order valence-electron chi connectivity index (χ3n) is 5.54. The number of H-pyrrole nitrogens is 1. The molecule has 0 unspecified atom stereocenters. The van der Waals surface area contributed by atoms with Crippen LogP contribution in [0.25, 0.3) is 11.0 Å². The maximum Gasteiger partial charge on any atom is 0.255 e. The van der Waals surface area contributed by atoms with Crippen molar-refractivity contribution in [2.45, 2.75) is 20.8 Å². The highest BCUT2D eigenvalue weighted by Crippen LogP contribution is 2.28. The van der Waals surface area contributed by atoms with E-state index in [1.807, 2.05) is 20.8 Å². The molecule has 0 radical (unpaired) electrons. The van der Waals surface area contributed by atoms with Crippen molar-refractivity contribution in [2.75, 3.05) is 65.3 Å². The molecule has 11 nitrogen and oxygen atoms in total. The van der Waals surface area contributed by atoms with Crippen LogP contribution in [0.3, 0.4) is 0 Å². The molecule has 0 atom stereocenters. The molecule has 2 heterocycles. The van der Waals surface area contributed by atoms with Gasteiger partial charge in [0.25, 0.3) is 5.91 Å². The van der Waals surface area contributed by atoms with Gasteiger partial charge in [0.05, 0.1) is 63.8 Å². The number of methoxy groups -OCH3 is 1. The fourth-order valence-electron chi connectivity index (χ4n) is 3.49. The van der Waals surface area contributed by atoms with E-state index in [9.17, 15) is 14.7 Å². The monoisotopic (exact) mass is 543 g/mol. The number of hydrogen-bond donors (Lipinski definition) is 3. The van der Waals surface area contributed by atoms with Crippen LogP contribution in [0.15, 0.2) is 36.5 Å². The van der Waals surface area contributed by atoms with Gasteiger partial charge in [0, 0.05) is 23.5 Å². The number of carbonyl (C=O) groups is 2. The molecule has 2 aromatic heterocycles. The van der Waals surface area contributed by atoms with Crippen LogP contribution in [0.5, 0.6) is 11.5 Å². The lowest BCUT2D eigenvalue weighted by atomic mass is 9.89. The first kappa shape index (κ1) is 30.0. The molecule has 0 aliphatic heterocycles. The number of anilines is 1. The zero-order valence-corrected chi connectivity index (χ0v) is 22.9. The van der Waals surface area contributed by atoms with E-state index in [-0.39, 0.29) is 29.5 Å². The van der Waals surface area contributed by atoms with Gasteiger partial charge in [-0.25, -0.2) is 4.98 Å². The minimum atomic E-state index is -0.530. The third-order valence-corrected chi connectivity index (χ3v) is 5.54. The molecule has 3 aromatic rings. The second-order valence-electron chi connectivity index (χ2n) is 9.74. The van der Waals surface area contributed by atoms with Gasteiger partial charge in [-0.15, -0.1) is 0 Å². The fraction of sp³-hybridized carbons (Fsp3) is 0.464. The fourth-order valence-corrected chi connectivity index (χ4v) is 3.49. The summed E-state index contributed by atoms with van der Waals surface area (Å²) in [5.74, 6) is -0.373. The van der Waals surface area contributed by atoms with Gasteiger partial charge in [0.15, 0.2) is 17.3 Å². The number of amides is 1.